The Bertz CT molecular complexity index is 476. The van der Waals surface area contributed by atoms with Crippen LogP contribution >= 0.6 is 11.6 Å². The van der Waals surface area contributed by atoms with Gasteiger partial charge in [-0.25, -0.2) is 0 Å². The van der Waals surface area contributed by atoms with Crippen LogP contribution < -0.4 is 10.1 Å². The van der Waals surface area contributed by atoms with Crippen molar-refractivity contribution in [2.24, 2.45) is 5.92 Å². The highest BCUT2D eigenvalue weighted by atomic mass is 35.5. The van der Waals surface area contributed by atoms with Gasteiger partial charge in [-0.3, -0.25) is 4.79 Å². The van der Waals surface area contributed by atoms with Crippen LogP contribution in [0.3, 0.4) is 0 Å². The molecule has 1 aromatic rings. The molecule has 0 saturated carbocycles. The number of fused-ring (bicyclic) bond motifs is 1. The molecular formula is C14H18ClNO3. The van der Waals surface area contributed by atoms with Crippen molar-refractivity contribution in [2.45, 2.75) is 26.3 Å². The highest BCUT2D eigenvalue weighted by Gasteiger charge is 2.18. The normalized spacial score (nSPS) is 14.8. The molecule has 5 heteroatoms. The Labute approximate surface area is 117 Å². The largest absolute Gasteiger partial charge is 0.493 e. The van der Waals surface area contributed by atoms with Gasteiger partial charge in [0.2, 0.25) is 0 Å². The molecule has 1 aliphatic heterocycles. The molecule has 0 fully saturated rings. The first-order chi connectivity index (χ1) is 9.11. The van der Waals surface area contributed by atoms with E-state index in [0.29, 0.717) is 31.1 Å². The van der Waals surface area contributed by atoms with Crippen LogP contribution in [0.2, 0.25) is 5.02 Å². The Kier molecular flexibility index (Phi) is 4.66. The van der Waals surface area contributed by atoms with Crippen LogP contribution in [0, 0.1) is 5.92 Å². The van der Waals surface area contributed by atoms with E-state index >= 15 is 0 Å². The highest BCUT2D eigenvalue weighted by Crippen LogP contribution is 2.32. The Morgan fingerprint density at radius 2 is 2.37 bits per heavy atom. The van der Waals surface area contributed by atoms with Crippen molar-refractivity contribution < 1.29 is 14.6 Å². The smallest absolute Gasteiger partial charge is 0.307 e. The first-order valence-corrected chi connectivity index (χ1v) is 6.87. The van der Waals surface area contributed by atoms with E-state index in [1.165, 1.54) is 0 Å². The zero-order valence-electron chi connectivity index (χ0n) is 10.9. The van der Waals surface area contributed by atoms with Crippen LogP contribution in [-0.2, 0) is 17.8 Å². The van der Waals surface area contributed by atoms with Gasteiger partial charge in [0.15, 0.2) is 0 Å². The average Bonchev–Trinajstić information content (AvgIpc) is 2.81. The van der Waals surface area contributed by atoms with Gasteiger partial charge in [0.05, 0.1) is 12.5 Å². The van der Waals surface area contributed by atoms with Crippen molar-refractivity contribution in [2.75, 3.05) is 13.2 Å². The zero-order valence-corrected chi connectivity index (χ0v) is 11.7. The summed E-state index contributed by atoms with van der Waals surface area (Å²) < 4.78 is 5.60. The summed E-state index contributed by atoms with van der Waals surface area (Å²) in [6.07, 6.45) is 1.50. The lowest BCUT2D eigenvalue weighted by atomic mass is 10.1. The SMILES string of the molecule is CCC(CNCc1cc(Cl)cc2c1OCC2)C(=O)O. The summed E-state index contributed by atoms with van der Waals surface area (Å²) in [7, 11) is 0. The summed E-state index contributed by atoms with van der Waals surface area (Å²) in [6, 6.07) is 3.81. The third kappa shape index (κ3) is 3.39. The summed E-state index contributed by atoms with van der Waals surface area (Å²) in [6.45, 7) is 3.59. The van der Waals surface area contributed by atoms with Gasteiger partial charge in [0.25, 0.3) is 0 Å². The Hall–Kier alpha value is -1.26. The maximum absolute atomic E-state index is 10.9. The molecular weight excluding hydrogens is 266 g/mol. The number of aliphatic carboxylic acids is 1. The van der Waals surface area contributed by atoms with Crippen LogP contribution in [0.4, 0.5) is 0 Å². The minimum absolute atomic E-state index is 0.354. The molecule has 19 heavy (non-hydrogen) atoms. The molecule has 1 heterocycles. The summed E-state index contributed by atoms with van der Waals surface area (Å²) >= 11 is 6.07. The van der Waals surface area contributed by atoms with Crippen molar-refractivity contribution in [3.63, 3.8) is 0 Å². The van der Waals surface area contributed by atoms with Crippen LogP contribution in [0.15, 0.2) is 12.1 Å². The molecule has 0 aliphatic carbocycles. The standard InChI is InChI=1S/C14H18ClNO3/c1-2-9(14(17)18)7-16-8-11-6-12(15)5-10-3-4-19-13(10)11/h5-6,9,16H,2-4,7-8H2,1H3,(H,17,18). The second kappa shape index (κ2) is 6.26. The molecule has 104 valence electrons. The van der Waals surface area contributed by atoms with Gasteiger partial charge in [-0.2, -0.15) is 0 Å². The van der Waals surface area contributed by atoms with Crippen LogP contribution in [0.5, 0.6) is 5.75 Å². The van der Waals surface area contributed by atoms with Crippen molar-refractivity contribution >= 4 is 17.6 Å². The maximum atomic E-state index is 10.9. The minimum atomic E-state index is -0.762. The summed E-state index contributed by atoms with van der Waals surface area (Å²) in [5.74, 6) is -0.212. The van der Waals surface area contributed by atoms with Crippen molar-refractivity contribution in [1.82, 2.24) is 5.32 Å². The van der Waals surface area contributed by atoms with Gasteiger partial charge in [-0.15, -0.1) is 0 Å². The first-order valence-electron chi connectivity index (χ1n) is 6.49. The zero-order chi connectivity index (χ0) is 13.8. The molecule has 0 amide bonds. The van der Waals surface area contributed by atoms with Crippen molar-refractivity contribution in [1.29, 1.82) is 0 Å². The van der Waals surface area contributed by atoms with Gasteiger partial charge in [-0.05, 0) is 24.1 Å². The molecule has 0 radical (unpaired) electrons. The summed E-state index contributed by atoms with van der Waals surface area (Å²) in [5.41, 5.74) is 2.13. The third-order valence-electron chi connectivity index (χ3n) is 3.37. The van der Waals surface area contributed by atoms with Gasteiger partial charge >= 0.3 is 5.97 Å². The molecule has 1 atom stereocenters. The number of ether oxygens (including phenoxy) is 1. The average molecular weight is 284 g/mol. The number of nitrogens with one attached hydrogen (secondary N) is 1. The number of benzene rings is 1. The van der Waals surface area contributed by atoms with E-state index in [2.05, 4.69) is 5.32 Å². The molecule has 0 spiro atoms. The number of hydrogen-bond donors (Lipinski definition) is 2. The number of hydrogen-bond acceptors (Lipinski definition) is 3. The summed E-state index contributed by atoms with van der Waals surface area (Å²) in [5, 5.41) is 12.9. The van der Waals surface area contributed by atoms with E-state index < -0.39 is 5.97 Å². The molecule has 4 nitrogen and oxygen atoms in total. The predicted molar refractivity (Wildman–Crippen MR) is 73.8 cm³/mol. The monoisotopic (exact) mass is 283 g/mol. The number of carboxylic acid groups (broad SMARTS) is 1. The molecule has 0 saturated heterocycles. The Morgan fingerprint density at radius 3 is 3.05 bits per heavy atom. The Balaban J connectivity index is 1.98. The number of rotatable bonds is 6. The predicted octanol–water partition coefficient (Wildman–Crippen LogP) is 2.48. The van der Waals surface area contributed by atoms with E-state index in [1.807, 2.05) is 19.1 Å². The lowest BCUT2D eigenvalue weighted by molar-refractivity contribution is -0.141. The van der Waals surface area contributed by atoms with E-state index in [9.17, 15) is 4.79 Å². The maximum Gasteiger partial charge on any atom is 0.307 e. The Morgan fingerprint density at radius 1 is 1.58 bits per heavy atom. The van der Waals surface area contributed by atoms with E-state index in [4.69, 9.17) is 21.4 Å². The molecule has 1 unspecified atom stereocenters. The summed E-state index contributed by atoms with van der Waals surface area (Å²) in [4.78, 5) is 10.9. The molecule has 2 rings (SSSR count). The topological polar surface area (TPSA) is 58.6 Å². The van der Waals surface area contributed by atoms with Gasteiger partial charge in [0.1, 0.15) is 5.75 Å². The van der Waals surface area contributed by atoms with Crippen molar-refractivity contribution in [3.8, 4) is 5.75 Å². The molecule has 0 aromatic heterocycles. The van der Waals surface area contributed by atoms with Crippen LogP contribution in [-0.4, -0.2) is 24.2 Å². The number of carboxylic acids is 1. The fraction of sp³-hybridized carbons (Fsp3) is 0.500. The van der Waals surface area contributed by atoms with Crippen LogP contribution in [0.25, 0.3) is 0 Å². The van der Waals surface area contributed by atoms with Gasteiger partial charge in [-0.1, -0.05) is 18.5 Å². The molecule has 0 bridgehead atoms. The fourth-order valence-corrected chi connectivity index (χ4v) is 2.53. The highest BCUT2D eigenvalue weighted by molar-refractivity contribution is 6.30. The molecule has 2 N–H and O–H groups in total. The number of carbonyl (C=O) groups is 1. The van der Waals surface area contributed by atoms with E-state index in [-0.39, 0.29) is 5.92 Å². The number of halogens is 1. The lowest BCUT2D eigenvalue weighted by Crippen LogP contribution is -2.27. The second-order valence-electron chi connectivity index (χ2n) is 4.73. The second-order valence-corrected chi connectivity index (χ2v) is 5.16. The third-order valence-corrected chi connectivity index (χ3v) is 3.59. The van der Waals surface area contributed by atoms with Crippen molar-refractivity contribution in [3.05, 3.63) is 28.3 Å². The van der Waals surface area contributed by atoms with E-state index in [0.717, 1.165) is 23.3 Å². The van der Waals surface area contributed by atoms with Gasteiger partial charge < -0.3 is 15.2 Å². The molecule has 1 aliphatic rings. The van der Waals surface area contributed by atoms with Crippen LogP contribution in [0.1, 0.15) is 24.5 Å². The van der Waals surface area contributed by atoms with Gasteiger partial charge in [0, 0.05) is 30.1 Å². The lowest BCUT2D eigenvalue weighted by Gasteiger charge is -2.13. The minimum Gasteiger partial charge on any atom is -0.493 e. The van der Waals surface area contributed by atoms with E-state index in [1.54, 1.807) is 0 Å². The molecule has 1 aromatic carbocycles. The fourth-order valence-electron chi connectivity index (χ4n) is 2.26. The first kappa shape index (κ1) is 14.2. The quantitative estimate of drug-likeness (QED) is 0.842.